The van der Waals surface area contributed by atoms with Gasteiger partial charge in [0.05, 0.1) is 0 Å². The fourth-order valence-corrected chi connectivity index (χ4v) is 1.13. The number of carbonyl (C=O) groups is 1. The Bertz CT molecular complexity index is 299. The molecular weight excluding hydrogens is 208 g/mol. The standard InChI is InChI=1S/C11H20N2O3/c1-7(2)6-8(14)9(13-12)10(15)16-11(3,4)5/h7-8,14H,6H2,1-5H3/t8-/m1/s1. The van der Waals surface area contributed by atoms with E-state index < -0.39 is 17.7 Å². The van der Waals surface area contributed by atoms with Crippen LogP contribution in [-0.4, -0.2) is 33.3 Å². The van der Waals surface area contributed by atoms with E-state index in [1.165, 1.54) is 0 Å². The SMILES string of the molecule is CC(C)C[C@@H](O)C(=[N+]=[N-])C(=O)OC(C)(C)C. The van der Waals surface area contributed by atoms with Crippen molar-refractivity contribution in [1.82, 2.24) is 0 Å². The summed E-state index contributed by atoms with van der Waals surface area (Å²) in [5.41, 5.74) is 7.68. The Morgan fingerprint density at radius 3 is 2.25 bits per heavy atom. The molecule has 0 aliphatic rings. The van der Waals surface area contributed by atoms with E-state index in [4.69, 9.17) is 10.3 Å². The lowest BCUT2D eigenvalue weighted by molar-refractivity contribution is -0.152. The van der Waals surface area contributed by atoms with Gasteiger partial charge in [-0.25, -0.2) is 4.79 Å². The first-order chi connectivity index (χ1) is 7.17. The van der Waals surface area contributed by atoms with Crippen molar-refractivity contribution in [3.8, 4) is 0 Å². The zero-order chi connectivity index (χ0) is 12.9. The molecule has 0 aliphatic heterocycles. The van der Waals surface area contributed by atoms with Gasteiger partial charge >= 0.3 is 11.7 Å². The number of esters is 1. The van der Waals surface area contributed by atoms with Gasteiger partial charge in [0.1, 0.15) is 5.60 Å². The van der Waals surface area contributed by atoms with Crippen LogP contribution in [0.3, 0.4) is 0 Å². The monoisotopic (exact) mass is 228 g/mol. The molecule has 5 nitrogen and oxygen atoms in total. The zero-order valence-electron chi connectivity index (χ0n) is 10.5. The molecule has 1 atom stereocenters. The Hall–Kier alpha value is -1.19. The molecule has 0 spiro atoms. The molecule has 0 unspecified atom stereocenters. The third kappa shape index (κ3) is 5.63. The molecule has 5 heteroatoms. The molecule has 0 amide bonds. The lowest BCUT2D eigenvalue weighted by Gasteiger charge is -2.18. The Morgan fingerprint density at radius 1 is 1.44 bits per heavy atom. The summed E-state index contributed by atoms with van der Waals surface area (Å²) in [6.07, 6.45) is -0.751. The molecule has 0 aromatic heterocycles. The van der Waals surface area contributed by atoms with Gasteiger partial charge in [0.25, 0.3) is 0 Å². The summed E-state index contributed by atoms with van der Waals surface area (Å²) in [5, 5.41) is 9.65. The van der Waals surface area contributed by atoms with Crippen LogP contribution in [0, 0.1) is 5.92 Å². The second kappa shape index (κ2) is 5.77. The smallest absolute Gasteiger partial charge is 0.420 e. The van der Waals surface area contributed by atoms with Gasteiger partial charge in [-0.05, 0) is 33.1 Å². The maximum absolute atomic E-state index is 11.5. The van der Waals surface area contributed by atoms with E-state index in [1.807, 2.05) is 13.8 Å². The Morgan fingerprint density at radius 2 is 1.94 bits per heavy atom. The molecule has 0 aromatic carbocycles. The molecule has 0 radical (unpaired) electrons. The molecule has 0 aliphatic carbocycles. The molecule has 92 valence electrons. The fraction of sp³-hybridized carbons (Fsp3) is 0.818. The molecule has 0 fully saturated rings. The molecule has 0 saturated carbocycles. The van der Waals surface area contributed by atoms with E-state index >= 15 is 0 Å². The number of ether oxygens (including phenoxy) is 1. The number of hydrogen-bond acceptors (Lipinski definition) is 3. The van der Waals surface area contributed by atoms with E-state index in [9.17, 15) is 9.90 Å². The normalized spacial score (nSPS) is 13.2. The quantitative estimate of drug-likeness (QED) is 0.342. The summed E-state index contributed by atoms with van der Waals surface area (Å²) < 4.78 is 5.00. The number of carbonyl (C=O) groups excluding carboxylic acids is 1. The summed E-state index contributed by atoms with van der Waals surface area (Å²) in [5.74, 6) is -0.600. The molecule has 0 aromatic rings. The predicted molar refractivity (Wildman–Crippen MR) is 59.9 cm³/mol. The third-order valence-electron chi connectivity index (χ3n) is 1.73. The van der Waals surface area contributed by atoms with Gasteiger partial charge < -0.3 is 15.4 Å². The third-order valence-corrected chi connectivity index (χ3v) is 1.73. The molecule has 1 N–H and O–H groups in total. The number of rotatable bonds is 4. The van der Waals surface area contributed by atoms with Gasteiger partial charge in [0, 0.05) is 0 Å². The van der Waals surface area contributed by atoms with Crippen LogP contribution in [0.2, 0.25) is 0 Å². The summed E-state index contributed by atoms with van der Waals surface area (Å²) in [4.78, 5) is 14.4. The average Bonchev–Trinajstić information content (AvgIpc) is 1.99. The lowest BCUT2D eigenvalue weighted by Crippen LogP contribution is -2.36. The second-order valence-electron chi connectivity index (χ2n) is 5.13. The summed E-state index contributed by atoms with van der Waals surface area (Å²) >= 11 is 0. The minimum Gasteiger partial charge on any atom is -0.451 e. The largest absolute Gasteiger partial charge is 0.451 e. The molecule has 0 saturated heterocycles. The van der Waals surface area contributed by atoms with Crippen molar-refractivity contribution in [2.75, 3.05) is 0 Å². The highest BCUT2D eigenvalue weighted by Gasteiger charge is 2.34. The first-order valence-corrected chi connectivity index (χ1v) is 5.30. The van der Waals surface area contributed by atoms with Crippen LogP contribution in [-0.2, 0) is 9.53 Å². The highest BCUT2D eigenvalue weighted by molar-refractivity contribution is 6.35. The Kier molecular flexibility index (Phi) is 5.35. The highest BCUT2D eigenvalue weighted by atomic mass is 16.6. The van der Waals surface area contributed by atoms with E-state index in [0.29, 0.717) is 6.42 Å². The number of aliphatic hydroxyl groups is 1. The van der Waals surface area contributed by atoms with E-state index in [-0.39, 0.29) is 11.6 Å². The van der Waals surface area contributed by atoms with E-state index in [2.05, 4.69) is 4.79 Å². The minimum absolute atomic E-state index is 0.189. The van der Waals surface area contributed by atoms with Crippen LogP contribution >= 0.6 is 0 Å². The fourth-order valence-electron chi connectivity index (χ4n) is 1.13. The van der Waals surface area contributed by atoms with Gasteiger partial charge in [-0.1, -0.05) is 13.8 Å². The highest BCUT2D eigenvalue weighted by Crippen LogP contribution is 2.10. The first-order valence-electron chi connectivity index (χ1n) is 5.30. The van der Waals surface area contributed by atoms with Gasteiger partial charge in [-0.2, -0.15) is 4.79 Å². The van der Waals surface area contributed by atoms with Gasteiger partial charge in [-0.3, -0.25) is 0 Å². The van der Waals surface area contributed by atoms with Crippen LogP contribution < -0.4 is 0 Å². The maximum atomic E-state index is 11.5. The van der Waals surface area contributed by atoms with Crippen LogP contribution in [0.25, 0.3) is 5.53 Å². The van der Waals surface area contributed by atoms with E-state index in [0.717, 1.165) is 0 Å². The van der Waals surface area contributed by atoms with Crippen molar-refractivity contribution in [1.29, 1.82) is 0 Å². The molecule has 0 bridgehead atoms. The van der Waals surface area contributed by atoms with Crippen molar-refractivity contribution in [3.05, 3.63) is 5.53 Å². The van der Waals surface area contributed by atoms with Gasteiger partial charge in [0.15, 0.2) is 6.10 Å². The van der Waals surface area contributed by atoms with Crippen LogP contribution in [0.4, 0.5) is 0 Å². The second-order valence-corrected chi connectivity index (χ2v) is 5.13. The van der Waals surface area contributed by atoms with Crippen LogP contribution in [0.15, 0.2) is 0 Å². The Balaban J connectivity index is 4.64. The van der Waals surface area contributed by atoms with Crippen molar-refractivity contribution in [2.45, 2.75) is 52.7 Å². The van der Waals surface area contributed by atoms with Gasteiger partial charge in [-0.15, -0.1) is 0 Å². The number of aliphatic hydroxyl groups excluding tert-OH is 1. The van der Waals surface area contributed by atoms with Crippen molar-refractivity contribution >= 4 is 11.7 Å². The average molecular weight is 228 g/mol. The maximum Gasteiger partial charge on any atom is 0.420 e. The topological polar surface area (TPSA) is 82.9 Å². The van der Waals surface area contributed by atoms with Crippen molar-refractivity contribution in [3.63, 3.8) is 0 Å². The molecule has 0 heterocycles. The zero-order valence-corrected chi connectivity index (χ0v) is 10.5. The van der Waals surface area contributed by atoms with Crippen molar-refractivity contribution in [2.24, 2.45) is 5.92 Å². The van der Waals surface area contributed by atoms with Crippen LogP contribution in [0.5, 0.6) is 0 Å². The summed E-state index contributed by atoms with van der Waals surface area (Å²) in [6.45, 7) is 8.90. The summed E-state index contributed by atoms with van der Waals surface area (Å²) in [6, 6.07) is 0. The number of nitrogens with zero attached hydrogens (tertiary/aromatic N) is 2. The minimum atomic E-state index is -1.10. The summed E-state index contributed by atoms with van der Waals surface area (Å²) in [7, 11) is 0. The van der Waals surface area contributed by atoms with E-state index in [1.54, 1.807) is 20.8 Å². The van der Waals surface area contributed by atoms with Crippen LogP contribution in [0.1, 0.15) is 41.0 Å². The lowest BCUT2D eigenvalue weighted by atomic mass is 10.0. The molecular formula is C11H20N2O3. The van der Waals surface area contributed by atoms with Crippen molar-refractivity contribution < 1.29 is 19.4 Å². The molecule has 0 rings (SSSR count). The molecule has 16 heavy (non-hydrogen) atoms. The van der Waals surface area contributed by atoms with Gasteiger partial charge in [0.2, 0.25) is 0 Å². The number of hydrogen-bond donors (Lipinski definition) is 1. The Labute approximate surface area is 96.0 Å². The predicted octanol–water partition coefficient (Wildman–Crippen LogP) is 1.41. The first kappa shape index (κ1) is 14.8.